The quantitative estimate of drug-likeness (QED) is 0.778. The fourth-order valence-electron chi connectivity index (χ4n) is 1.89. The highest BCUT2D eigenvalue weighted by molar-refractivity contribution is 5.94. The molecule has 0 aliphatic rings. The Kier molecular flexibility index (Phi) is 5.47. The molecule has 1 amide bonds. The largest absolute Gasteiger partial charge is 0.387 e. The van der Waals surface area contributed by atoms with Crippen molar-refractivity contribution in [3.05, 3.63) is 23.9 Å². The molecule has 0 bridgehead atoms. The number of anilines is 1. The molecule has 0 fully saturated rings. The van der Waals surface area contributed by atoms with Crippen LogP contribution in [0.2, 0.25) is 0 Å². The van der Waals surface area contributed by atoms with Crippen LogP contribution in [0.4, 0.5) is 5.82 Å². The maximum atomic E-state index is 12.0. The van der Waals surface area contributed by atoms with Gasteiger partial charge in [0.15, 0.2) is 0 Å². The van der Waals surface area contributed by atoms with E-state index >= 15 is 0 Å². The van der Waals surface area contributed by atoms with Gasteiger partial charge in [-0.1, -0.05) is 0 Å². The second-order valence-electron chi connectivity index (χ2n) is 5.72. The molecule has 0 spiro atoms. The lowest BCUT2D eigenvalue weighted by Gasteiger charge is -2.27. The molecule has 1 rings (SSSR count). The fourth-order valence-corrected chi connectivity index (χ4v) is 1.89. The van der Waals surface area contributed by atoms with E-state index in [4.69, 9.17) is 0 Å². The fraction of sp³-hybridized carbons (Fsp3) is 0.571. The van der Waals surface area contributed by atoms with Gasteiger partial charge in [0.1, 0.15) is 5.82 Å². The summed E-state index contributed by atoms with van der Waals surface area (Å²) in [6.45, 7) is 2.37. The van der Waals surface area contributed by atoms with Crippen molar-refractivity contribution < 1.29 is 9.90 Å². The van der Waals surface area contributed by atoms with Crippen molar-refractivity contribution in [2.24, 2.45) is 0 Å². The molecular weight excluding hydrogens is 256 g/mol. The molecule has 1 heterocycles. The summed E-state index contributed by atoms with van der Waals surface area (Å²) in [5, 5.41) is 12.8. The van der Waals surface area contributed by atoms with Crippen molar-refractivity contribution in [2.45, 2.75) is 12.5 Å². The Morgan fingerprint density at radius 1 is 1.35 bits per heavy atom. The zero-order valence-electron chi connectivity index (χ0n) is 12.8. The zero-order valence-corrected chi connectivity index (χ0v) is 12.8. The number of nitrogens with zero attached hydrogens (tertiary/aromatic N) is 3. The van der Waals surface area contributed by atoms with Crippen molar-refractivity contribution in [1.82, 2.24) is 15.2 Å². The van der Waals surface area contributed by atoms with E-state index in [1.807, 2.05) is 38.0 Å². The molecule has 0 saturated heterocycles. The molecule has 0 aromatic carbocycles. The Balaban J connectivity index is 2.58. The number of likely N-dealkylation sites (N-methyl/N-ethyl adjacent to an activating group) is 1. The summed E-state index contributed by atoms with van der Waals surface area (Å²) >= 11 is 0. The smallest absolute Gasteiger partial charge is 0.252 e. The molecular formula is C14H24N4O2. The Bertz CT molecular complexity index is 441. The van der Waals surface area contributed by atoms with Gasteiger partial charge in [-0.15, -0.1) is 0 Å². The molecule has 1 atom stereocenters. The van der Waals surface area contributed by atoms with Gasteiger partial charge >= 0.3 is 0 Å². The van der Waals surface area contributed by atoms with E-state index in [0.717, 1.165) is 5.82 Å². The van der Waals surface area contributed by atoms with Gasteiger partial charge in [-0.2, -0.15) is 0 Å². The van der Waals surface area contributed by atoms with E-state index in [1.54, 1.807) is 19.1 Å². The van der Waals surface area contributed by atoms with Gasteiger partial charge in [-0.05, 0) is 33.2 Å². The highest BCUT2D eigenvalue weighted by Gasteiger charge is 2.22. The summed E-state index contributed by atoms with van der Waals surface area (Å²) in [6.07, 6.45) is 1.53. The van der Waals surface area contributed by atoms with Gasteiger partial charge in [0.2, 0.25) is 0 Å². The van der Waals surface area contributed by atoms with Crippen LogP contribution in [-0.4, -0.2) is 67.8 Å². The molecule has 0 saturated carbocycles. The predicted molar refractivity (Wildman–Crippen MR) is 80.1 cm³/mol. The van der Waals surface area contributed by atoms with Gasteiger partial charge in [-0.25, -0.2) is 4.98 Å². The lowest BCUT2D eigenvalue weighted by molar-refractivity contribution is 0.0326. The van der Waals surface area contributed by atoms with Crippen LogP contribution in [0, 0.1) is 0 Å². The molecule has 20 heavy (non-hydrogen) atoms. The second kappa shape index (κ2) is 6.67. The van der Waals surface area contributed by atoms with Gasteiger partial charge in [-0.3, -0.25) is 4.79 Å². The van der Waals surface area contributed by atoms with Crippen LogP contribution in [0.25, 0.3) is 0 Å². The Labute approximate surface area is 120 Å². The minimum absolute atomic E-state index is 0.194. The standard InChI is InChI=1S/C14H24N4O2/c1-14(20,10-17(2)3)9-16-13(19)11-6-7-12(15-8-11)18(4)5/h6-8,20H,9-10H2,1-5H3,(H,16,19). The summed E-state index contributed by atoms with van der Waals surface area (Å²) in [4.78, 5) is 19.9. The molecule has 112 valence electrons. The highest BCUT2D eigenvalue weighted by Crippen LogP contribution is 2.08. The summed E-state index contributed by atoms with van der Waals surface area (Å²) in [7, 11) is 7.53. The number of aromatic nitrogens is 1. The third-order valence-electron chi connectivity index (χ3n) is 2.75. The zero-order chi connectivity index (χ0) is 15.3. The molecule has 1 aromatic heterocycles. The summed E-state index contributed by atoms with van der Waals surface area (Å²) in [5.74, 6) is 0.558. The van der Waals surface area contributed by atoms with Gasteiger partial charge in [0.25, 0.3) is 5.91 Å². The van der Waals surface area contributed by atoms with Crippen LogP contribution in [0.15, 0.2) is 18.3 Å². The number of aliphatic hydroxyl groups is 1. The lowest BCUT2D eigenvalue weighted by atomic mass is 10.1. The van der Waals surface area contributed by atoms with E-state index in [0.29, 0.717) is 12.1 Å². The summed E-state index contributed by atoms with van der Waals surface area (Å²) in [6, 6.07) is 3.51. The van der Waals surface area contributed by atoms with Crippen molar-refractivity contribution in [1.29, 1.82) is 0 Å². The average Bonchev–Trinajstić information content (AvgIpc) is 2.34. The van der Waals surface area contributed by atoms with Crippen molar-refractivity contribution in [3.8, 4) is 0 Å². The van der Waals surface area contributed by atoms with Gasteiger partial charge < -0.3 is 20.2 Å². The maximum Gasteiger partial charge on any atom is 0.252 e. The average molecular weight is 280 g/mol. The van der Waals surface area contributed by atoms with Crippen LogP contribution in [0.3, 0.4) is 0 Å². The number of carbonyl (C=O) groups is 1. The van der Waals surface area contributed by atoms with E-state index in [1.165, 1.54) is 6.20 Å². The maximum absolute atomic E-state index is 12.0. The number of rotatable bonds is 6. The van der Waals surface area contributed by atoms with Crippen molar-refractivity contribution in [3.63, 3.8) is 0 Å². The molecule has 6 nitrogen and oxygen atoms in total. The first-order valence-electron chi connectivity index (χ1n) is 6.50. The Hall–Kier alpha value is -1.66. The lowest BCUT2D eigenvalue weighted by Crippen LogP contribution is -2.47. The molecule has 1 unspecified atom stereocenters. The Morgan fingerprint density at radius 2 is 2.00 bits per heavy atom. The first-order valence-corrected chi connectivity index (χ1v) is 6.50. The molecule has 2 N–H and O–H groups in total. The number of hydrogen-bond donors (Lipinski definition) is 2. The summed E-state index contributed by atoms with van der Waals surface area (Å²) < 4.78 is 0. The van der Waals surface area contributed by atoms with Crippen LogP contribution >= 0.6 is 0 Å². The van der Waals surface area contributed by atoms with E-state index in [-0.39, 0.29) is 12.5 Å². The second-order valence-corrected chi connectivity index (χ2v) is 5.72. The molecule has 0 aliphatic carbocycles. The molecule has 6 heteroatoms. The number of carbonyl (C=O) groups excluding carboxylic acids is 1. The normalized spacial score (nSPS) is 13.9. The van der Waals surface area contributed by atoms with Gasteiger partial charge in [0.05, 0.1) is 11.2 Å². The van der Waals surface area contributed by atoms with Crippen LogP contribution in [0.1, 0.15) is 17.3 Å². The third kappa shape index (κ3) is 5.14. The van der Waals surface area contributed by atoms with Gasteiger partial charge in [0, 0.05) is 33.4 Å². The monoisotopic (exact) mass is 280 g/mol. The number of hydrogen-bond acceptors (Lipinski definition) is 5. The predicted octanol–water partition coefficient (Wildman–Crippen LogP) is 0.190. The number of nitrogens with one attached hydrogen (secondary N) is 1. The van der Waals surface area contributed by atoms with Crippen LogP contribution in [-0.2, 0) is 0 Å². The number of amides is 1. The molecule has 1 aromatic rings. The summed E-state index contributed by atoms with van der Waals surface area (Å²) in [5.41, 5.74) is -0.479. The number of pyridine rings is 1. The minimum Gasteiger partial charge on any atom is -0.387 e. The highest BCUT2D eigenvalue weighted by atomic mass is 16.3. The van der Waals surface area contributed by atoms with E-state index in [9.17, 15) is 9.90 Å². The molecule has 0 aliphatic heterocycles. The third-order valence-corrected chi connectivity index (χ3v) is 2.75. The van der Waals surface area contributed by atoms with Crippen molar-refractivity contribution in [2.75, 3.05) is 46.2 Å². The topological polar surface area (TPSA) is 68.7 Å². The molecule has 0 radical (unpaired) electrons. The first kappa shape index (κ1) is 16.4. The Morgan fingerprint density at radius 3 is 2.45 bits per heavy atom. The first-order chi connectivity index (χ1) is 9.21. The van der Waals surface area contributed by atoms with E-state index < -0.39 is 5.60 Å². The van der Waals surface area contributed by atoms with Crippen LogP contribution in [0.5, 0.6) is 0 Å². The SMILES string of the molecule is CN(C)CC(C)(O)CNC(=O)c1ccc(N(C)C)nc1. The van der Waals surface area contributed by atoms with Crippen LogP contribution < -0.4 is 10.2 Å². The van der Waals surface area contributed by atoms with Crippen molar-refractivity contribution >= 4 is 11.7 Å². The minimum atomic E-state index is -0.962. The van der Waals surface area contributed by atoms with E-state index in [2.05, 4.69) is 10.3 Å².